The molecule has 0 heterocycles. The molecule has 1 atom stereocenters. The molecular weight excluding hydrogens is 380 g/mol. The predicted molar refractivity (Wildman–Crippen MR) is 106 cm³/mol. The summed E-state index contributed by atoms with van der Waals surface area (Å²) in [5, 5.41) is 12.5. The molecule has 0 aromatic heterocycles. The van der Waals surface area contributed by atoms with Gasteiger partial charge in [0.25, 0.3) is 5.91 Å². The quantitative estimate of drug-likeness (QED) is 0.681. The van der Waals surface area contributed by atoms with Gasteiger partial charge in [-0.25, -0.2) is 4.21 Å². The van der Waals surface area contributed by atoms with Crippen LogP contribution in [0.1, 0.15) is 21.5 Å². The fourth-order valence-corrected chi connectivity index (χ4v) is 3.84. The molecule has 6 heteroatoms. The standard InChI is InChI=1S/C21H15ClN2O2S/c1-14-6-9-17(10-7-14)27(26)20-11-8-16(12-15(20)13-23)24-21(25)18-4-2-3-5-19(18)22/h2-12H,1H3,(H,24,25). The molecule has 0 radical (unpaired) electrons. The number of halogens is 1. The highest BCUT2D eigenvalue weighted by Gasteiger charge is 2.15. The smallest absolute Gasteiger partial charge is 0.257 e. The molecule has 0 aliphatic rings. The van der Waals surface area contributed by atoms with Crippen LogP contribution in [0.25, 0.3) is 0 Å². The topological polar surface area (TPSA) is 70.0 Å². The molecule has 0 spiro atoms. The Kier molecular flexibility index (Phi) is 5.70. The first-order valence-corrected chi connectivity index (χ1v) is 9.61. The molecule has 0 aliphatic heterocycles. The van der Waals surface area contributed by atoms with Gasteiger partial charge in [-0.2, -0.15) is 5.26 Å². The lowest BCUT2D eigenvalue weighted by Gasteiger charge is -2.10. The Labute approximate surface area is 164 Å². The van der Waals surface area contributed by atoms with E-state index >= 15 is 0 Å². The highest BCUT2D eigenvalue weighted by molar-refractivity contribution is 7.85. The molecule has 1 unspecified atom stereocenters. The van der Waals surface area contributed by atoms with Crippen molar-refractivity contribution >= 4 is 34.0 Å². The Bertz CT molecular complexity index is 1070. The van der Waals surface area contributed by atoms with Gasteiger partial charge in [0.1, 0.15) is 6.07 Å². The number of amides is 1. The van der Waals surface area contributed by atoms with Crippen LogP contribution in [0.4, 0.5) is 5.69 Å². The Morgan fingerprint density at radius 2 is 1.78 bits per heavy atom. The van der Waals surface area contributed by atoms with E-state index in [4.69, 9.17) is 11.6 Å². The maximum absolute atomic E-state index is 12.8. The average molecular weight is 395 g/mol. The van der Waals surface area contributed by atoms with Crippen LogP contribution in [0, 0.1) is 18.3 Å². The molecule has 0 saturated carbocycles. The van der Waals surface area contributed by atoms with Gasteiger partial charge < -0.3 is 5.32 Å². The number of benzene rings is 3. The number of nitriles is 1. The number of carbonyl (C=O) groups is 1. The lowest BCUT2D eigenvalue weighted by molar-refractivity contribution is 0.102. The van der Waals surface area contributed by atoms with Crippen LogP contribution in [-0.2, 0) is 10.8 Å². The van der Waals surface area contributed by atoms with E-state index in [2.05, 4.69) is 11.4 Å². The van der Waals surface area contributed by atoms with Crippen molar-refractivity contribution in [1.82, 2.24) is 0 Å². The summed E-state index contributed by atoms with van der Waals surface area (Å²) >= 11 is 6.04. The fraction of sp³-hybridized carbons (Fsp3) is 0.0476. The Balaban J connectivity index is 1.87. The Morgan fingerprint density at radius 3 is 2.44 bits per heavy atom. The van der Waals surface area contributed by atoms with E-state index in [1.807, 2.05) is 19.1 Å². The van der Waals surface area contributed by atoms with E-state index in [-0.39, 0.29) is 11.5 Å². The molecule has 4 nitrogen and oxygen atoms in total. The summed E-state index contributed by atoms with van der Waals surface area (Å²) in [6, 6.07) is 20.8. The van der Waals surface area contributed by atoms with Crippen molar-refractivity contribution < 1.29 is 9.00 Å². The second-order valence-corrected chi connectivity index (χ2v) is 7.69. The zero-order valence-corrected chi connectivity index (χ0v) is 16.0. The maximum Gasteiger partial charge on any atom is 0.257 e. The monoisotopic (exact) mass is 394 g/mol. The summed E-state index contributed by atoms with van der Waals surface area (Å²) in [5.74, 6) is -0.378. The van der Waals surface area contributed by atoms with Gasteiger partial charge >= 0.3 is 0 Å². The van der Waals surface area contributed by atoms with E-state index in [9.17, 15) is 14.3 Å². The number of nitrogens with zero attached hydrogens (tertiary/aromatic N) is 1. The summed E-state index contributed by atoms with van der Waals surface area (Å²) < 4.78 is 12.8. The molecule has 3 rings (SSSR count). The Hall–Kier alpha value is -2.94. The van der Waals surface area contributed by atoms with Crippen molar-refractivity contribution in [3.63, 3.8) is 0 Å². The van der Waals surface area contributed by atoms with E-state index in [1.54, 1.807) is 48.5 Å². The Morgan fingerprint density at radius 1 is 1.07 bits per heavy atom. The van der Waals surface area contributed by atoms with Gasteiger partial charge in [-0.3, -0.25) is 4.79 Å². The molecule has 134 valence electrons. The molecule has 0 saturated heterocycles. The molecule has 0 aliphatic carbocycles. The summed E-state index contributed by atoms with van der Waals surface area (Å²) in [4.78, 5) is 13.4. The molecule has 1 amide bonds. The van der Waals surface area contributed by atoms with Crippen molar-refractivity contribution in [1.29, 1.82) is 5.26 Å². The minimum Gasteiger partial charge on any atom is -0.322 e. The third-order valence-electron chi connectivity index (χ3n) is 3.91. The number of anilines is 1. The SMILES string of the molecule is Cc1ccc(S(=O)c2ccc(NC(=O)c3ccccc3Cl)cc2C#N)cc1. The van der Waals surface area contributed by atoms with Crippen LogP contribution in [0.5, 0.6) is 0 Å². The van der Waals surface area contributed by atoms with Crippen molar-refractivity contribution in [2.75, 3.05) is 5.32 Å². The van der Waals surface area contributed by atoms with Crippen molar-refractivity contribution in [3.8, 4) is 6.07 Å². The lowest BCUT2D eigenvalue weighted by atomic mass is 10.2. The number of hydrogen-bond acceptors (Lipinski definition) is 3. The maximum atomic E-state index is 12.8. The minimum absolute atomic E-state index is 0.242. The third kappa shape index (κ3) is 4.25. The van der Waals surface area contributed by atoms with E-state index < -0.39 is 10.8 Å². The van der Waals surface area contributed by atoms with Crippen LogP contribution in [0.3, 0.4) is 0 Å². The van der Waals surface area contributed by atoms with Crippen LogP contribution in [0.2, 0.25) is 5.02 Å². The summed E-state index contributed by atoms with van der Waals surface area (Å²) in [7, 11) is -1.48. The van der Waals surface area contributed by atoms with Crippen LogP contribution in [0.15, 0.2) is 76.5 Å². The lowest BCUT2D eigenvalue weighted by Crippen LogP contribution is -2.12. The van der Waals surface area contributed by atoms with Gasteiger partial charge in [-0.1, -0.05) is 41.4 Å². The highest BCUT2D eigenvalue weighted by atomic mass is 35.5. The first-order chi connectivity index (χ1) is 13.0. The number of hydrogen-bond donors (Lipinski definition) is 1. The second-order valence-electron chi connectivity index (χ2n) is 5.84. The van der Waals surface area contributed by atoms with Gasteiger partial charge in [0, 0.05) is 10.6 Å². The molecular formula is C21H15ClN2O2S. The van der Waals surface area contributed by atoms with Crippen molar-refractivity contribution in [2.24, 2.45) is 0 Å². The van der Waals surface area contributed by atoms with Crippen LogP contribution < -0.4 is 5.32 Å². The zero-order valence-electron chi connectivity index (χ0n) is 14.4. The average Bonchev–Trinajstić information content (AvgIpc) is 2.68. The van der Waals surface area contributed by atoms with E-state index in [0.29, 0.717) is 26.1 Å². The molecule has 0 fully saturated rings. The second kappa shape index (κ2) is 8.17. The largest absolute Gasteiger partial charge is 0.322 e. The van der Waals surface area contributed by atoms with Gasteiger partial charge in [0.05, 0.1) is 31.8 Å². The van der Waals surface area contributed by atoms with Gasteiger partial charge in [-0.05, 0) is 49.4 Å². The molecule has 3 aromatic rings. The van der Waals surface area contributed by atoms with Crippen LogP contribution in [-0.4, -0.2) is 10.1 Å². The summed E-state index contributed by atoms with van der Waals surface area (Å²) in [5.41, 5.74) is 2.07. The van der Waals surface area contributed by atoms with E-state index in [0.717, 1.165) is 5.56 Å². The highest BCUT2D eigenvalue weighted by Crippen LogP contribution is 2.24. The minimum atomic E-state index is -1.48. The van der Waals surface area contributed by atoms with Gasteiger partial charge in [0.15, 0.2) is 0 Å². The zero-order chi connectivity index (χ0) is 19.4. The molecule has 27 heavy (non-hydrogen) atoms. The first-order valence-electron chi connectivity index (χ1n) is 8.08. The normalized spacial score (nSPS) is 11.4. The summed E-state index contributed by atoms with van der Waals surface area (Å²) in [6.45, 7) is 1.95. The van der Waals surface area contributed by atoms with Gasteiger partial charge in [0.2, 0.25) is 0 Å². The number of rotatable bonds is 4. The molecule has 3 aromatic carbocycles. The summed E-state index contributed by atoms with van der Waals surface area (Å²) in [6.07, 6.45) is 0. The number of carbonyl (C=O) groups excluding carboxylic acids is 1. The van der Waals surface area contributed by atoms with E-state index in [1.165, 1.54) is 6.07 Å². The third-order valence-corrected chi connectivity index (χ3v) is 5.70. The number of nitrogens with one attached hydrogen (secondary N) is 1. The first kappa shape index (κ1) is 18.8. The van der Waals surface area contributed by atoms with Crippen molar-refractivity contribution in [2.45, 2.75) is 16.7 Å². The van der Waals surface area contributed by atoms with Crippen LogP contribution >= 0.6 is 11.6 Å². The van der Waals surface area contributed by atoms with Crippen molar-refractivity contribution in [3.05, 3.63) is 88.4 Å². The predicted octanol–water partition coefficient (Wildman–Crippen LogP) is 4.94. The fourth-order valence-electron chi connectivity index (χ4n) is 2.49. The van der Waals surface area contributed by atoms with Gasteiger partial charge in [-0.15, -0.1) is 0 Å². The number of aryl methyl sites for hydroxylation is 1. The molecule has 0 bridgehead atoms. The molecule has 1 N–H and O–H groups in total.